The highest BCUT2D eigenvalue weighted by Crippen LogP contribution is 2.39. The standard InChI is InChI=1S/C17H17F3N8/c18-17(19,20)12-3-4-13(23-22-12)21-7-10-8-27(9-10)15-6-5-14-24-25-16(11-1-2-11)28(14)26-15/h3-6,10-11H,1-2,7-9H2,(H,21,23). The lowest BCUT2D eigenvalue weighted by atomic mass is 10.0. The highest BCUT2D eigenvalue weighted by atomic mass is 19.4. The smallest absolute Gasteiger partial charge is 0.368 e. The predicted molar refractivity (Wildman–Crippen MR) is 94.0 cm³/mol. The van der Waals surface area contributed by atoms with Gasteiger partial charge in [-0.05, 0) is 37.1 Å². The van der Waals surface area contributed by atoms with Crippen molar-refractivity contribution in [3.63, 3.8) is 0 Å². The summed E-state index contributed by atoms with van der Waals surface area (Å²) in [6, 6.07) is 6.08. The van der Waals surface area contributed by atoms with Gasteiger partial charge in [-0.3, -0.25) is 0 Å². The van der Waals surface area contributed by atoms with Gasteiger partial charge in [0.25, 0.3) is 0 Å². The summed E-state index contributed by atoms with van der Waals surface area (Å²) in [5.41, 5.74) is -0.237. The second-order valence-electron chi connectivity index (χ2n) is 7.25. The molecule has 1 aliphatic heterocycles. The summed E-state index contributed by atoms with van der Waals surface area (Å²) < 4.78 is 39.4. The van der Waals surface area contributed by atoms with Crippen LogP contribution >= 0.6 is 0 Å². The van der Waals surface area contributed by atoms with E-state index in [2.05, 4.69) is 35.7 Å². The molecule has 0 atom stereocenters. The minimum absolute atomic E-state index is 0.338. The van der Waals surface area contributed by atoms with Crippen LogP contribution in [-0.2, 0) is 6.18 Å². The summed E-state index contributed by atoms with van der Waals surface area (Å²) >= 11 is 0. The first-order valence-electron chi connectivity index (χ1n) is 9.09. The number of hydrogen-bond donors (Lipinski definition) is 1. The summed E-state index contributed by atoms with van der Waals surface area (Å²) in [5, 5.41) is 22.9. The number of nitrogens with one attached hydrogen (secondary N) is 1. The molecule has 5 rings (SSSR count). The van der Waals surface area contributed by atoms with Crippen LogP contribution in [0, 0.1) is 5.92 Å². The van der Waals surface area contributed by atoms with Gasteiger partial charge in [-0.1, -0.05) is 0 Å². The van der Waals surface area contributed by atoms with E-state index in [1.807, 2.05) is 16.6 Å². The van der Waals surface area contributed by atoms with E-state index in [1.165, 1.54) is 6.07 Å². The van der Waals surface area contributed by atoms with Crippen molar-refractivity contribution in [3.05, 3.63) is 35.8 Å². The Labute approximate surface area is 157 Å². The fourth-order valence-electron chi connectivity index (χ4n) is 3.27. The second kappa shape index (κ2) is 6.28. The van der Waals surface area contributed by atoms with E-state index in [4.69, 9.17) is 0 Å². The molecule has 146 valence electrons. The average molecular weight is 390 g/mol. The zero-order valence-electron chi connectivity index (χ0n) is 14.8. The zero-order valence-corrected chi connectivity index (χ0v) is 14.8. The molecule has 1 saturated heterocycles. The van der Waals surface area contributed by atoms with Crippen molar-refractivity contribution in [1.82, 2.24) is 30.0 Å². The molecule has 0 spiro atoms. The normalized spacial score (nSPS) is 17.8. The molecule has 1 N–H and O–H groups in total. The van der Waals surface area contributed by atoms with Crippen LogP contribution in [0.4, 0.5) is 24.8 Å². The molecule has 3 aromatic rings. The molecule has 0 aromatic carbocycles. The number of rotatable bonds is 5. The van der Waals surface area contributed by atoms with Crippen molar-refractivity contribution in [2.45, 2.75) is 24.9 Å². The maximum Gasteiger partial charge on any atom is 0.435 e. The van der Waals surface area contributed by atoms with Crippen LogP contribution in [-0.4, -0.2) is 49.6 Å². The Morgan fingerprint density at radius 3 is 2.50 bits per heavy atom. The first-order valence-corrected chi connectivity index (χ1v) is 9.09. The fraction of sp³-hybridized carbons (Fsp3) is 0.471. The first-order chi connectivity index (χ1) is 13.5. The Morgan fingerprint density at radius 2 is 1.82 bits per heavy atom. The monoisotopic (exact) mass is 390 g/mol. The summed E-state index contributed by atoms with van der Waals surface area (Å²) in [4.78, 5) is 2.15. The molecule has 28 heavy (non-hydrogen) atoms. The summed E-state index contributed by atoms with van der Waals surface area (Å²) in [6.45, 7) is 2.22. The van der Waals surface area contributed by atoms with Crippen LogP contribution in [0.25, 0.3) is 5.65 Å². The summed E-state index contributed by atoms with van der Waals surface area (Å²) in [7, 11) is 0. The Morgan fingerprint density at radius 1 is 1.00 bits per heavy atom. The van der Waals surface area contributed by atoms with E-state index < -0.39 is 11.9 Å². The Bertz CT molecular complexity index is 990. The van der Waals surface area contributed by atoms with E-state index in [0.717, 1.165) is 49.3 Å². The summed E-state index contributed by atoms with van der Waals surface area (Å²) in [5.74, 6) is 2.96. The van der Waals surface area contributed by atoms with E-state index in [9.17, 15) is 13.2 Å². The molecule has 1 saturated carbocycles. The van der Waals surface area contributed by atoms with E-state index in [1.54, 1.807) is 0 Å². The number of aromatic nitrogens is 6. The van der Waals surface area contributed by atoms with Crippen molar-refractivity contribution >= 4 is 17.3 Å². The van der Waals surface area contributed by atoms with Gasteiger partial charge in [-0.2, -0.15) is 17.7 Å². The Kier molecular flexibility index (Phi) is 3.84. The van der Waals surface area contributed by atoms with E-state index in [-0.39, 0.29) is 0 Å². The van der Waals surface area contributed by atoms with E-state index in [0.29, 0.717) is 24.2 Å². The maximum atomic E-state index is 12.5. The van der Waals surface area contributed by atoms with Crippen LogP contribution in [0.1, 0.15) is 30.3 Å². The van der Waals surface area contributed by atoms with Gasteiger partial charge in [0, 0.05) is 31.5 Å². The van der Waals surface area contributed by atoms with Crippen LogP contribution in [0.3, 0.4) is 0 Å². The second-order valence-corrected chi connectivity index (χ2v) is 7.25. The average Bonchev–Trinajstić information content (AvgIpc) is 3.39. The minimum Gasteiger partial charge on any atom is -0.368 e. The van der Waals surface area contributed by atoms with Gasteiger partial charge in [-0.25, -0.2) is 0 Å². The summed E-state index contributed by atoms with van der Waals surface area (Å²) in [6.07, 6.45) is -2.20. The minimum atomic E-state index is -4.47. The van der Waals surface area contributed by atoms with Gasteiger partial charge in [0.2, 0.25) is 0 Å². The lowest BCUT2D eigenvalue weighted by Crippen LogP contribution is -2.50. The molecule has 3 aromatic heterocycles. The molecule has 0 bridgehead atoms. The third kappa shape index (κ3) is 3.20. The van der Waals surface area contributed by atoms with Crippen molar-refractivity contribution in [1.29, 1.82) is 0 Å². The van der Waals surface area contributed by atoms with Crippen LogP contribution < -0.4 is 10.2 Å². The third-order valence-corrected chi connectivity index (χ3v) is 5.02. The maximum absolute atomic E-state index is 12.5. The highest BCUT2D eigenvalue weighted by Gasteiger charge is 2.33. The number of hydrogen-bond acceptors (Lipinski definition) is 7. The predicted octanol–water partition coefficient (Wildman–Crippen LogP) is 2.36. The zero-order chi connectivity index (χ0) is 19.3. The van der Waals surface area contributed by atoms with Gasteiger partial charge in [0.15, 0.2) is 17.2 Å². The fourth-order valence-corrected chi connectivity index (χ4v) is 3.27. The molecular weight excluding hydrogens is 373 g/mol. The number of halogens is 3. The first kappa shape index (κ1) is 17.1. The Balaban J connectivity index is 1.17. The van der Waals surface area contributed by atoms with Crippen molar-refractivity contribution in [3.8, 4) is 0 Å². The molecule has 0 amide bonds. The SMILES string of the molecule is FC(F)(F)c1ccc(NCC2CN(c3ccc4nnc(C5CC5)n4n3)C2)nn1. The topological polar surface area (TPSA) is 84.1 Å². The van der Waals surface area contributed by atoms with Crippen LogP contribution in [0.15, 0.2) is 24.3 Å². The van der Waals surface area contributed by atoms with Crippen LogP contribution in [0.5, 0.6) is 0 Å². The highest BCUT2D eigenvalue weighted by molar-refractivity contribution is 5.48. The molecular formula is C17H17F3N8. The van der Waals surface area contributed by atoms with Gasteiger partial charge in [0.1, 0.15) is 11.6 Å². The lowest BCUT2D eigenvalue weighted by Gasteiger charge is -2.40. The molecule has 8 nitrogen and oxygen atoms in total. The Hall–Kier alpha value is -2.98. The quantitative estimate of drug-likeness (QED) is 0.716. The molecule has 0 unspecified atom stereocenters. The van der Waals surface area contributed by atoms with Gasteiger partial charge < -0.3 is 10.2 Å². The molecule has 1 aliphatic carbocycles. The number of anilines is 2. The molecule has 2 aliphatic rings. The van der Waals surface area contributed by atoms with Crippen molar-refractivity contribution in [2.24, 2.45) is 5.92 Å². The molecule has 0 radical (unpaired) electrons. The molecule has 11 heteroatoms. The largest absolute Gasteiger partial charge is 0.435 e. The van der Waals surface area contributed by atoms with Gasteiger partial charge in [-0.15, -0.1) is 25.5 Å². The van der Waals surface area contributed by atoms with Gasteiger partial charge >= 0.3 is 6.18 Å². The van der Waals surface area contributed by atoms with Gasteiger partial charge in [0.05, 0.1) is 0 Å². The molecule has 2 fully saturated rings. The van der Waals surface area contributed by atoms with Crippen molar-refractivity contribution in [2.75, 3.05) is 29.9 Å². The number of fused-ring (bicyclic) bond motifs is 1. The molecule has 4 heterocycles. The number of alkyl halides is 3. The van der Waals surface area contributed by atoms with Crippen LogP contribution in [0.2, 0.25) is 0 Å². The van der Waals surface area contributed by atoms with Crippen molar-refractivity contribution < 1.29 is 13.2 Å². The van der Waals surface area contributed by atoms with E-state index >= 15 is 0 Å². The lowest BCUT2D eigenvalue weighted by molar-refractivity contribution is -0.141. The third-order valence-electron chi connectivity index (χ3n) is 5.02. The number of nitrogens with zero attached hydrogens (tertiary/aromatic N) is 7.